The summed E-state index contributed by atoms with van der Waals surface area (Å²) in [7, 11) is -3.85. The van der Waals surface area contributed by atoms with Crippen LogP contribution in [0, 0.1) is 5.82 Å². The third-order valence-corrected chi connectivity index (χ3v) is 2.66. The first-order valence-electron chi connectivity index (χ1n) is 3.82. The minimum Gasteiger partial charge on any atom is -0.389 e. The Kier molecular flexibility index (Phi) is 2.89. The van der Waals surface area contributed by atoms with Crippen LogP contribution in [0.15, 0.2) is 23.1 Å². The third-order valence-electron chi connectivity index (χ3n) is 1.75. The van der Waals surface area contributed by atoms with Crippen LogP contribution >= 0.6 is 0 Å². The number of hydrogen-bond acceptors (Lipinski definition) is 3. The maximum absolute atomic E-state index is 13.0. The molecule has 0 amide bonds. The van der Waals surface area contributed by atoms with E-state index in [1.807, 2.05) is 0 Å². The van der Waals surface area contributed by atoms with Crippen molar-refractivity contribution in [3.05, 3.63) is 29.6 Å². The average molecular weight is 219 g/mol. The van der Waals surface area contributed by atoms with E-state index >= 15 is 0 Å². The van der Waals surface area contributed by atoms with Crippen molar-refractivity contribution in [3.8, 4) is 0 Å². The van der Waals surface area contributed by atoms with Crippen LogP contribution in [0.2, 0.25) is 0 Å². The fourth-order valence-electron chi connectivity index (χ4n) is 1.02. The summed E-state index contributed by atoms with van der Waals surface area (Å²) in [5.41, 5.74) is -0.0866. The predicted octanol–water partition coefficient (Wildman–Crippen LogP) is 0.526. The van der Waals surface area contributed by atoms with Crippen LogP contribution in [0.3, 0.4) is 0 Å². The molecule has 4 nitrogen and oxygen atoms in total. The van der Waals surface area contributed by atoms with Gasteiger partial charge < -0.3 is 5.11 Å². The molecule has 0 bridgehead atoms. The molecule has 0 heterocycles. The maximum atomic E-state index is 13.0. The molecule has 1 aromatic rings. The van der Waals surface area contributed by atoms with Gasteiger partial charge in [-0.15, -0.1) is 0 Å². The highest BCUT2D eigenvalue weighted by molar-refractivity contribution is 7.89. The van der Waals surface area contributed by atoms with Crippen LogP contribution in [0.4, 0.5) is 4.39 Å². The Morgan fingerprint density at radius 3 is 2.50 bits per heavy atom. The Morgan fingerprint density at radius 2 is 2.07 bits per heavy atom. The van der Waals surface area contributed by atoms with Crippen LogP contribution in [0.5, 0.6) is 0 Å². The Labute approximate surface area is 81.2 Å². The predicted molar refractivity (Wildman–Crippen MR) is 48.4 cm³/mol. The lowest BCUT2D eigenvalue weighted by molar-refractivity contribution is 0.194. The van der Waals surface area contributed by atoms with Gasteiger partial charge >= 0.3 is 0 Å². The molecule has 6 heteroatoms. The van der Waals surface area contributed by atoms with Gasteiger partial charge in [-0.25, -0.2) is 17.9 Å². The molecule has 14 heavy (non-hydrogen) atoms. The fourth-order valence-corrected chi connectivity index (χ4v) is 1.57. The van der Waals surface area contributed by atoms with E-state index in [4.69, 9.17) is 10.2 Å². The van der Waals surface area contributed by atoms with E-state index < -0.39 is 21.9 Å². The minimum absolute atomic E-state index is 0.0866. The fraction of sp³-hybridized carbons (Fsp3) is 0.250. The molecule has 0 aliphatic rings. The zero-order valence-electron chi connectivity index (χ0n) is 7.44. The van der Waals surface area contributed by atoms with Gasteiger partial charge in [-0.3, -0.25) is 0 Å². The highest BCUT2D eigenvalue weighted by Crippen LogP contribution is 2.19. The van der Waals surface area contributed by atoms with Crippen molar-refractivity contribution in [2.75, 3.05) is 0 Å². The average Bonchev–Trinajstić information content (AvgIpc) is 2.02. The summed E-state index contributed by atoms with van der Waals surface area (Å²) in [5.74, 6) is -0.660. The molecule has 78 valence electrons. The summed E-state index contributed by atoms with van der Waals surface area (Å²) >= 11 is 0. The van der Waals surface area contributed by atoms with Crippen LogP contribution < -0.4 is 5.14 Å². The number of nitrogens with two attached hydrogens (primary N) is 1. The maximum Gasteiger partial charge on any atom is 0.238 e. The summed E-state index contributed by atoms with van der Waals surface area (Å²) in [6.07, 6.45) is -1.07. The summed E-state index contributed by atoms with van der Waals surface area (Å²) in [6.45, 7) is 1.34. The highest BCUT2D eigenvalue weighted by Gasteiger charge is 2.14. The van der Waals surface area contributed by atoms with E-state index in [0.717, 1.165) is 18.2 Å². The highest BCUT2D eigenvalue weighted by atomic mass is 32.2. The lowest BCUT2D eigenvalue weighted by atomic mass is 10.1. The monoisotopic (exact) mass is 219 g/mol. The topological polar surface area (TPSA) is 80.4 Å². The van der Waals surface area contributed by atoms with Crippen LogP contribution in [-0.4, -0.2) is 13.5 Å². The molecule has 0 aliphatic heterocycles. The molecule has 0 aliphatic carbocycles. The zero-order valence-corrected chi connectivity index (χ0v) is 8.25. The summed E-state index contributed by atoms with van der Waals surface area (Å²) in [4.78, 5) is -0.213. The minimum atomic E-state index is -3.85. The third kappa shape index (κ3) is 2.28. The Balaban J connectivity index is 3.34. The smallest absolute Gasteiger partial charge is 0.238 e. The molecule has 0 saturated heterocycles. The van der Waals surface area contributed by atoms with Crippen molar-refractivity contribution in [3.63, 3.8) is 0 Å². The van der Waals surface area contributed by atoms with E-state index in [1.165, 1.54) is 6.92 Å². The van der Waals surface area contributed by atoms with Gasteiger partial charge in [0, 0.05) is 5.56 Å². The Bertz CT molecular complexity index is 442. The molecule has 1 unspecified atom stereocenters. The first-order chi connectivity index (χ1) is 6.32. The van der Waals surface area contributed by atoms with Crippen LogP contribution in [0.1, 0.15) is 18.6 Å². The first kappa shape index (κ1) is 11.1. The number of rotatable bonds is 2. The number of aliphatic hydroxyl groups is 1. The van der Waals surface area contributed by atoms with Crippen molar-refractivity contribution in [2.24, 2.45) is 5.14 Å². The number of benzene rings is 1. The van der Waals surface area contributed by atoms with Crippen LogP contribution in [-0.2, 0) is 10.0 Å². The molecule has 0 radical (unpaired) electrons. The van der Waals surface area contributed by atoms with E-state index in [-0.39, 0.29) is 10.5 Å². The molecule has 0 spiro atoms. The van der Waals surface area contributed by atoms with E-state index in [1.54, 1.807) is 0 Å². The number of hydrogen-bond donors (Lipinski definition) is 2. The summed E-state index contributed by atoms with van der Waals surface area (Å²) in [6, 6.07) is 3.04. The van der Waals surface area contributed by atoms with Gasteiger partial charge in [0.1, 0.15) is 5.82 Å². The Morgan fingerprint density at radius 1 is 1.50 bits per heavy atom. The van der Waals surface area contributed by atoms with Crippen molar-refractivity contribution >= 4 is 10.0 Å². The molecule has 0 saturated carbocycles. The molecular formula is C8H10FNO3S. The molecule has 3 N–H and O–H groups in total. The van der Waals surface area contributed by atoms with Gasteiger partial charge in [0.15, 0.2) is 0 Å². The van der Waals surface area contributed by atoms with E-state index in [2.05, 4.69) is 0 Å². The second-order valence-corrected chi connectivity index (χ2v) is 4.47. The van der Waals surface area contributed by atoms with Gasteiger partial charge in [0.25, 0.3) is 0 Å². The number of halogens is 1. The van der Waals surface area contributed by atoms with Gasteiger partial charge in [0.2, 0.25) is 10.0 Å². The number of sulfonamides is 1. The number of primary sulfonamides is 1. The Hall–Kier alpha value is -0.980. The lowest BCUT2D eigenvalue weighted by Crippen LogP contribution is -2.13. The van der Waals surface area contributed by atoms with Gasteiger partial charge in [-0.1, -0.05) is 0 Å². The molecule has 1 aromatic carbocycles. The molecule has 0 fully saturated rings. The largest absolute Gasteiger partial charge is 0.389 e. The van der Waals surface area contributed by atoms with Crippen LogP contribution in [0.25, 0.3) is 0 Å². The zero-order chi connectivity index (χ0) is 10.9. The standard InChI is InChI=1S/C8H10FNO3S/c1-5(11)7-4-6(14(10,12)13)2-3-8(7)9/h2-5,11H,1H3,(H2,10,12,13). The molecular weight excluding hydrogens is 209 g/mol. The van der Waals surface area contributed by atoms with E-state index in [9.17, 15) is 12.8 Å². The van der Waals surface area contributed by atoms with Crippen molar-refractivity contribution in [1.82, 2.24) is 0 Å². The van der Waals surface area contributed by atoms with Crippen molar-refractivity contribution < 1.29 is 17.9 Å². The first-order valence-corrected chi connectivity index (χ1v) is 5.37. The molecule has 0 aromatic heterocycles. The van der Waals surface area contributed by atoms with E-state index in [0.29, 0.717) is 0 Å². The SMILES string of the molecule is CC(O)c1cc(S(N)(=O)=O)ccc1F. The van der Waals surface area contributed by atoms with Gasteiger partial charge in [0.05, 0.1) is 11.0 Å². The van der Waals surface area contributed by atoms with Crippen molar-refractivity contribution in [2.45, 2.75) is 17.9 Å². The summed E-state index contributed by atoms with van der Waals surface area (Å²) in [5, 5.41) is 14.0. The quantitative estimate of drug-likeness (QED) is 0.761. The number of aliphatic hydroxyl groups excluding tert-OH is 1. The van der Waals surface area contributed by atoms with Gasteiger partial charge in [-0.05, 0) is 25.1 Å². The normalized spacial score (nSPS) is 14.0. The molecule has 1 rings (SSSR count). The second kappa shape index (κ2) is 3.64. The van der Waals surface area contributed by atoms with Gasteiger partial charge in [-0.2, -0.15) is 0 Å². The second-order valence-electron chi connectivity index (χ2n) is 2.90. The molecule has 1 atom stereocenters. The summed E-state index contributed by atoms with van der Waals surface area (Å²) < 4.78 is 34.8. The lowest BCUT2D eigenvalue weighted by Gasteiger charge is -2.07. The van der Waals surface area contributed by atoms with Crippen molar-refractivity contribution in [1.29, 1.82) is 0 Å².